The second kappa shape index (κ2) is 6.13. The highest BCUT2D eigenvalue weighted by Crippen LogP contribution is 2.32. The van der Waals surface area contributed by atoms with Crippen molar-refractivity contribution in [2.45, 2.75) is 0 Å². The molecule has 0 atom stereocenters. The number of carbonyl (C=O) groups is 3. The fourth-order valence-corrected chi connectivity index (χ4v) is 3.38. The quantitative estimate of drug-likeness (QED) is 0.504. The van der Waals surface area contributed by atoms with E-state index in [1.165, 1.54) is 12.1 Å². The Morgan fingerprint density at radius 3 is 2.48 bits per heavy atom. The molecule has 2 amide bonds. The molecule has 0 unspecified atom stereocenters. The van der Waals surface area contributed by atoms with E-state index in [0.29, 0.717) is 28.2 Å². The number of carbonyl (C=O) groups excluding carboxylic acids is 3. The topological polar surface area (TPSA) is 104 Å². The molecule has 0 aliphatic carbocycles. The summed E-state index contributed by atoms with van der Waals surface area (Å²) in [7, 11) is 0. The highest BCUT2D eigenvalue weighted by Gasteiger charge is 2.37. The summed E-state index contributed by atoms with van der Waals surface area (Å²) in [5.41, 5.74) is 2.28. The molecule has 0 radical (unpaired) electrons. The van der Waals surface area contributed by atoms with E-state index in [9.17, 15) is 19.5 Å². The Kier molecular flexibility index (Phi) is 3.57. The molecule has 2 heterocycles. The van der Waals surface area contributed by atoms with Gasteiger partial charge in [-0.3, -0.25) is 9.59 Å². The first-order valence-electron chi connectivity index (χ1n) is 8.73. The van der Waals surface area contributed by atoms with Crippen molar-refractivity contribution in [3.8, 4) is 11.5 Å². The Bertz CT molecular complexity index is 1310. The van der Waals surface area contributed by atoms with E-state index < -0.39 is 17.8 Å². The van der Waals surface area contributed by atoms with Crippen molar-refractivity contribution in [3.63, 3.8) is 0 Å². The van der Waals surface area contributed by atoms with E-state index >= 15 is 0 Å². The zero-order chi connectivity index (χ0) is 20.1. The van der Waals surface area contributed by atoms with E-state index in [2.05, 4.69) is 4.98 Å². The standard InChI is InChI=1S/C22H12N2O5/c25-20-15-9-8-13(22(27)28)11-16(15)21(26)24(20)14-5-3-4-12(10-14)19-23-17-6-1-2-7-18(17)29-19/h1-11H,(H,27,28)/p-1. The molecule has 1 aromatic heterocycles. The molecule has 0 saturated heterocycles. The number of anilines is 1. The van der Waals surface area contributed by atoms with Crippen LogP contribution in [-0.2, 0) is 0 Å². The average Bonchev–Trinajstić information content (AvgIpc) is 3.27. The SMILES string of the molecule is O=C([O-])c1ccc2c(c1)C(=O)N(c1cccc(-c3nc4ccccc4o3)c1)C2=O. The normalized spacial score (nSPS) is 13.2. The van der Waals surface area contributed by atoms with Crippen LogP contribution in [0.4, 0.5) is 5.69 Å². The molecule has 0 N–H and O–H groups in total. The number of hydrogen-bond donors (Lipinski definition) is 0. The number of carboxylic acids is 1. The van der Waals surface area contributed by atoms with Crippen LogP contribution in [0.25, 0.3) is 22.6 Å². The van der Waals surface area contributed by atoms with Crippen LogP contribution in [-0.4, -0.2) is 22.8 Å². The van der Waals surface area contributed by atoms with Crippen molar-refractivity contribution in [1.82, 2.24) is 4.98 Å². The Morgan fingerprint density at radius 1 is 0.897 bits per heavy atom. The minimum atomic E-state index is -1.41. The molecular formula is C22H11N2O5-. The Hall–Kier alpha value is -4.26. The van der Waals surface area contributed by atoms with Gasteiger partial charge in [0.1, 0.15) is 5.52 Å². The lowest BCUT2D eigenvalue weighted by atomic mass is 10.1. The summed E-state index contributed by atoms with van der Waals surface area (Å²) in [6.45, 7) is 0. The number of para-hydroxylation sites is 2. The number of aromatic carboxylic acids is 1. The molecule has 0 saturated carbocycles. The van der Waals surface area contributed by atoms with E-state index in [1.807, 2.05) is 18.2 Å². The average molecular weight is 383 g/mol. The summed E-state index contributed by atoms with van der Waals surface area (Å²) >= 11 is 0. The number of oxazole rings is 1. The van der Waals surface area contributed by atoms with E-state index in [-0.39, 0.29) is 16.7 Å². The lowest BCUT2D eigenvalue weighted by molar-refractivity contribution is -0.255. The number of rotatable bonds is 3. The highest BCUT2D eigenvalue weighted by molar-refractivity contribution is 6.34. The largest absolute Gasteiger partial charge is 0.545 e. The van der Waals surface area contributed by atoms with Crippen molar-refractivity contribution >= 4 is 34.6 Å². The number of benzene rings is 3. The van der Waals surface area contributed by atoms with Gasteiger partial charge < -0.3 is 14.3 Å². The van der Waals surface area contributed by atoms with Gasteiger partial charge in [-0.15, -0.1) is 0 Å². The summed E-state index contributed by atoms with van der Waals surface area (Å²) in [6, 6.07) is 17.8. The molecule has 0 spiro atoms. The minimum absolute atomic E-state index is 0.0314. The number of hydrogen-bond acceptors (Lipinski definition) is 6. The van der Waals surface area contributed by atoms with Crippen LogP contribution in [0.15, 0.2) is 71.1 Å². The zero-order valence-corrected chi connectivity index (χ0v) is 14.8. The lowest BCUT2D eigenvalue weighted by Crippen LogP contribution is -2.29. The zero-order valence-electron chi connectivity index (χ0n) is 14.8. The van der Waals surface area contributed by atoms with E-state index in [4.69, 9.17) is 4.42 Å². The third kappa shape index (κ3) is 2.60. The van der Waals surface area contributed by atoms with Gasteiger partial charge in [-0.25, -0.2) is 9.88 Å². The van der Waals surface area contributed by atoms with Gasteiger partial charge in [0.15, 0.2) is 5.58 Å². The van der Waals surface area contributed by atoms with Gasteiger partial charge in [-0.05, 0) is 48.0 Å². The minimum Gasteiger partial charge on any atom is -0.545 e. The molecule has 7 nitrogen and oxygen atoms in total. The first-order chi connectivity index (χ1) is 14.0. The van der Waals surface area contributed by atoms with Gasteiger partial charge in [0.05, 0.1) is 22.8 Å². The maximum absolute atomic E-state index is 12.8. The van der Waals surface area contributed by atoms with Gasteiger partial charge >= 0.3 is 0 Å². The fourth-order valence-electron chi connectivity index (χ4n) is 3.38. The van der Waals surface area contributed by atoms with Gasteiger partial charge in [0.25, 0.3) is 11.8 Å². The van der Waals surface area contributed by atoms with E-state index in [0.717, 1.165) is 11.0 Å². The summed E-state index contributed by atoms with van der Waals surface area (Å²) in [6.07, 6.45) is 0. The van der Waals surface area contributed by atoms with Gasteiger partial charge in [-0.1, -0.05) is 24.3 Å². The van der Waals surface area contributed by atoms with Crippen LogP contribution in [0.5, 0.6) is 0 Å². The summed E-state index contributed by atoms with van der Waals surface area (Å²) in [4.78, 5) is 42.1. The molecular weight excluding hydrogens is 372 g/mol. The van der Waals surface area contributed by atoms with Crippen LogP contribution < -0.4 is 10.0 Å². The summed E-state index contributed by atoms with van der Waals surface area (Å²) in [5.74, 6) is -2.17. The Balaban J connectivity index is 1.56. The maximum Gasteiger partial charge on any atom is 0.266 e. The first-order valence-corrected chi connectivity index (χ1v) is 8.73. The highest BCUT2D eigenvalue weighted by atomic mass is 16.4. The molecule has 140 valence electrons. The second-order valence-corrected chi connectivity index (χ2v) is 6.53. The van der Waals surface area contributed by atoms with Crippen molar-refractivity contribution < 1.29 is 23.9 Å². The molecule has 29 heavy (non-hydrogen) atoms. The van der Waals surface area contributed by atoms with Crippen molar-refractivity contribution in [2.75, 3.05) is 4.90 Å². The van der Waals surface area contributed by atoms with Crippen LogP contribution in [0.2, 0.25) is 0 Å². The molecule has 1 aliphatic rings. The number of carboxylic acid groups (broad SMARTS) is 1. The van der Waals surface area contributed by atoms with Gasteiger partial charge in [0, 0.05) is 5.56 Å². The molecule has 3 aromatic carbocycles. The van der Waals surface area contributed by atoms with Gasteiger partial charge in [0.2, 0.25) is 5.89 Å². The monoisotopic (exact) mass is 383 g/mol. The van der Waals surface area contributed by atoms with Crippen molar-refractivity contribution in [3.05, 3.63) is 83.4 Å². The second-order valence-electron chi connectivity index (χ2n) is 6.53. The van der Waals surface area contributed by atoms with Crippen LogP contribution in [0.1, 0.15) is 31.1 Å². The molecule has 1 aliphatic heterocycles. The van der Waals surface area contributed by atoms with Gasteiger partial charge in [-0.2, -0.15) is 0 Å². The maximum atomic E-state index is 12.8. The molecule has 0 bridgehead atoms. The Labute approximate surface area is 163 Å². The third-order valence-corrected chi connectivity index (χ3v) is 4.77. The van der Waals surface area contributed by atoms with E-state index in [1.54, 1.807) is 30.3 Å². The summed E-state index contributed by atoms with van der Waals surface area (Å²) < 4.78 is 5.76. The molecule has 0 fully saturated rings. The first kappa shape index (κ1) is 16.9. The molecule has 4 aromatic rings. The Morgan fingerprint density at radius 2 is 1.69 bits per heavy atom. The smallest absolute Gasteiger partial charge is 0.266 e. The van der Waals surface area contributed by atoms with Crippen molar-refractivity contribution in [1.29, 1.82) is 0 Å². The third-order valence-electron chi connectivity index (χ3n) is 4.77. The van der Waals surface area contributed by atoms with Crippen molar-refractivity contribution in [2.24, 2.45) is 0 Å². The number of aromatic nitrogens is 1. The van der Waals surface area contributed by atoms with Crippen LogP contribution in [0, 0.1) is 0 Å². The predicted molar refractivity (Wildman–Crippen MR) is 101 cm³/mol. The number of fused-ring (bicyclic) bond motifs is 2. The lowest BCUT2D eigenvalue weighted by Gasteiger charge is -2.14. The number of amides is 2. The van der Waals surface area contributed by atoms with Crippen LogP contribution >= 0.6 is 0 Å². The fraction of sp³-hybridized carbons (Fsp3) is 0. The molecule has 5 rings (SSSR count). The van der Waals surface area contributed by atoms with Crippen LogP contribution in [0.3, 0.4) is 0 Å². The summed E-state index contributed by atoms with van der Waals surface area (Å²) in [5, 5.41) is 11.1. The number of nitrogens with zero attached hydrogens (tertiary/aromatic N) is 2. The molecule has 7 heteroatoms. The number of imide groups is 1. The predicted octanol–water partition coefficient (Wildman–Crippen LogP) is 2.66.